The molecule has 0 radical (unpaired) electrons. The number of allylic oxidation sites excluding steroid dienone is 3. The van der Waals surface area contributed by atoms with Crippen molar-refractivity contribution in [2.45, 2.75) is 60.5 Å². The summed E-state index contributed by atoms with van der Waals surface area (Å²) < 4.78 is 26.9. The van der Waals surface area contributed by atoms with Crippen molar-refractivity contribution in [2.24, 2.45) is 5.92 Å². The van der Waals surface area contributed by atoms with E-state index < -0.39 is 5.60 Å². The molecule has 2 aromatic carbocycles. The van der Waals surface area contributed by atoms with Gasteiger partial charge in [-0.3, -0.25) is 4.79 Å². The second kappa shape index (κ2) is 16.2. The van der Waals surface area contributed by atoms with Crippen LogP contribution >= 0.6 is 0 Å². The first kappa shape index (κ1) is 34.0. The van der Waals surface area contributed by atoms with Crippen molar-refractivity contribution in [2.75, 3.05) is 21.3 Å². The third-order valence-electron chi connectivity index (χ3n) is 5.33. The number of rotatable bonds is 7. The Hall–Kier alpha value is -4.00. The Morgan fingerprint density at radius 2 is 1.55 bits per heavy atom. The van der Waals surface area contributed by atoms with Gasteiger partial charge in [0, 0.05) is 18.2 Å². The van der Waals surface area contributed by atoms with Crippen LogP contribution in [-0.2, 0) is 9.53 Å². The lowest BCUT2D eigenvalue weighted by atomic mass is 10.0. The van der Waals surface area contributed by atoms with Gasteiger partial charge in [0.2, 0.25) is 5.43 Å². The molecule has 0 spiro atoms. The Balaban J connectivity index is 0.000000514. The molecule has 1 heterocycles. The number of fused-ring (bicyclic) bond motifs is 2. The molecule has 0 saturated heterocycles. The van der Waals surface area contributed by atoms with Crippen LogP contribution in [0.15, 0.2) is 64.4 Å². The van der Waals surface area contributed by atoms with Crippen LogP contribution in [0, 0.1) is 5.92 Å². The lowest BCUT2D eigenvalue weighted by Crippen LogP contribution is -2.22. The lowest BCUT2D eigenvalue weighted by molar-refractivity contribution is -0.148. The highest BCUT2D eigenvalue weighted by atomic mass is 16.6. The van der Waals surface area contributed by atoms with E-state index in [0.29, 0.717) is 45.1 Å². The van der Waals surface area contributed by atoms with Gasteiger partial charge in [0.1, 0.15) is 22.5 Å². The predicted molar refractivity (Wildman–Crippen MR) is 165 cm³/mol. The SMILES string of the molecule is C=CC(=O)OC(C)(C)C.CC=CC.COc1cc(C=CCC(C)C)c2c(=O)c3cc(OC)c(OC)cc3oc2c1. The van der Waals surface area contributed by atoms with Crippen molar-refractivity contribution < 1.29 is 28.2 Å². The molecule has 1 aromatic heterocycles. The average Bonchev–Trinajstić information content (AvgIpc) is 2.91. The maximum atomic E-state index is 13.2. The second-order valence-corrected chi connectivity index (χ2v) is 10.2. The molecular weight excluding hydrogens is 508 g/mol. The fraction of sp³-hybridized carbons (Fsp3) is 0.394. The fourth-order valence-corrected chi connectivity index (χ4v) is 3.37. The van der Waals surface area contributed by atoms with Gasteiger partial charge in [0.25, 0.3) is 0 Å². The van der Waals surface area contributed by atoms with E-state index >= 15 is 0 Å². The van der Waals surface area contributed by atoms with Crippen molar-refractivity contribution in [3.05, 3.63) is 70.9 Å². The Bertz CT molecular complexity index is 1380. The van der Waals surface area contributed by atoms with Gasteiger partial charge < -0.3 is 23.4 Å². The van der Waals surface area contributed by atoms with E-state index in [-0.39, 0.29) is 11.4 Å². The predicted octanol–water partition coefficient (Wildman–Crippen LogP) is 8.13. The van der Waals surface area contributed by atoms with E-state index in [1.165, 1.54) is 7.11 Å². The number of carbonyl (C=O) groups excluding carboxylic acids is 1. The minimum Gasteiger partial charge on any atom is -0.497 e. The normalized spacial score (nSPS) is 11.2. The smallest absolute Gasteiger partial charge is 0.330 e. The Labute approximate surface area is 238 Å². The molecular formula is C33H44O7. The Kier molecular flexibility index (Phi) is 13.8. The molecule has 3 aromatic rings. The maximum absolute atomic E-state index is 13.2. The minimum absolute atomic E-state index is 0.112. The molecule has 0 unspecified atom stereocenters. The first-order valence-electron chi connectivity index (χ1n) is 13.1. The van der Waals surface area contributed by atoms with Crippen molar-refractivity contribution in [1.29, 1.82) is 0 Å². The molecule has 7 heteroatoms. The zero-order valence-electron chi connectivity index (χ0n) is 25.5. The molecule has 0 aliphatic rings. The van der Waals surface area contributed by atoms with Gasteiger partial charge in [0.15, 0.2) is 11.5 Å². The summed E-state index contributed by atoms with van der Waals surface area (Å²) in [5, 5.41) is 0.972. The van der Waals surface area contributed by atoms with Crippen molar-refractivity contribution in [3.63, 3.8) is 0 Å². The van der Waals surface area contributed by atoms with Crippen LogP contribution in [0.2, 0.25) is 0 Å². The van der Waals surface area contributed by atoms with Gasteiger partial charge in [0.05, 0.1) is 32.1 Å². The molecule has 0 amide bonds. The molecule has 0 saturated carbocycles. The number of ether oxygens (including phenoxy) is 4. The van der Waals surface area contributed by atoms with Crippen molar-refractivity contribution >= 4 is 34.0 Å². The molecule has 0 aliphatic carbocycles. The first-order chi connectivity index (χ1) is 18.8. The van der Waals surface area contributed by atoms with E-state index in [0.717, 1.165) is 18.1 Å². The van der Waals surface area contributed by atoms with Crippen LogP contribution in [0.1, 0.15) is 60.5 Å². The number of methoxy groups -OCH3 is 3. The van der Waals surface area contributed by atoms with Gasteiger partial charge in [-0.15, -0.1) is 0 Å². The highest BCUT2D eigenvalue weighted by molar-refractivity contribution is 5.96. The number of esters is 1. The molecule has 40 heavy (non-hydrogen) atoms. The van der Waals surface area contributed by atoms with Gasteiger partial charge in [-0.1, -0.05) is 44.7 Å². The molecule has 0 N–H and O–H groups in total. The van der Waals surface area contributed by atoms with E-state index in [1.807, 2.05) is 58.9 Å². The summed E-state index contributed by atoms with van der Waals surface area (Å²) >= 11 is 0. The summed E-state index contributed by atoms with van der Waals surface area (Å²) in [7, 11) is 4.68. The van der Waals surface area contributed by atoms with Crippen LogP contribution in [-0.4, -0.2) is 32.9 Å². The van der Waals surface area contributed by atoms with Gasteiger partial charge in [-0.05, 0) is 64.7 Å². The lowest BCUT2D eigenvalue weighted by Gasteiger charge is -2.17. The monoisotopic (exact) mass is 552 g/mol. The molecule has 0 atom stereocenters. The van der Waals surface area contributed by atoms with E-state index in [4.69, 9.17) is 23.4 Å². The molecule has 7 nitrogen and oxygen atoms in total. The standard InChI is InChI=1S/C22H24O5.C7H12O2.C4H8/c1-13(2)7-6-8-14-9-15(24-3)10-20-21(14)22(23)16-11-18(25-4)19(26-5)12-17(16)27-20;1-5-6(8)9-7(2,3)4;1-3-4-2/h6,8-13H,7H2,1-5H3;5H,1H2,2-4H3;3-4H,1-2H3. The number of hydrogen-bond donors (Lipinski definition) is 0. The summed E-state index contributed by atoms with van der Waals surface area (Å²) in [6, 6.07) is 6.91. The summed E-state index contributed by atoms with van der Waals surface area (Å²) in [5.74, 6) is 1.79. The third kappa shape index (κ3) is 10.3. The van der Waals surface area contributed by atoms with Crippen molar-refractivity contribution in [3.8, 4) is 17.2 Å². The molecule has 0 bridgehead atoms. The Morgan fingerprint density at radius 1 is 0.950 bits per heavy atom. The molecule has 0 aliphatic heterocycles. The average molecular weight is 553 g/mol. The first-order valence-corrected chi connectivity index (χ1v) is 13.1. The van der Waals surface area contributed by atoms with Crippen LogP contribution in [0.4, 0.5) is 0 Å². The third-order valence-corrected chi connectivity index (χ3v) is 5.33. The van der Waals surface area contributed by atoms with Gasteiger partial charge >= 0.3 is 5.97 Å². The largest absolute Gasteiger partial charge is 0.497 e. The quantitative estimate of drug-likeness (QED) is 0.127. The highest BCUT2D eigenvalue weighted by Gasteiger charge is 2.16. The Morgan fingerprint density at radius 3 is 2.00 bits per heavy atom. The van der Waals surface area contributed by atoms with Gasteiger partial charge in [-0.25, -0.2) is 4.79 Å². The summed E-state index contributed by atoms with van der Waals surface area (Å²) in [6.45, 7) is 17.0. The zero-order chi connectivity index (χ0) is 30.5. The van der Waals surface area contributed by atoms with E-state index in [2.05, 4.69) is 26.5 Å². The fourth-order valence-electron chi connectivity index (χ4n) is 3.37. The highest BCUT2D eigenvalue weighted by Crippen LogP contribution is 2.34. The summed E-state index contributed by atoms with van der Waals surface area (Å²) in [4.78, 5) is 23.7. The van der Waals surface area contributed by atoms with Crippen LogP contribution in [0.25, 0.3) is 28.0 Å². The van der Waals surface area contributed by atoms with Crippen LogP contribution in [0.5, 0.6) is 17.2 Å². The maximum Gasteiger partial charge on any atom is 0.330 e. The topological polar surface area (TPSA) is 84.2 Å². The number of benzene rings is 2. The molecule has 3 rings (SSSR count). The van der Waals surface area contributed by atoms with E-state index in [1.54, 1.807) is 32.4 Å². The molecule has 218 valence electrons. The van der Waals surface area contributed by atoms with Gasteiger partial charge in [-0.2, -0.15) is 0 Å². The second-order valence-electron chi connectivity index (χ2n) is 10.2. The van der Waals surface area contributed by atoms with E-state index in [9.17, 15) is 9.59 Å². The zero-order valence-corrected chi connectivity index (χ0v) is 25.5. The molecule has 0 fully saturated rings. The van der Waals surface area contributed by atoms with Crippen molar-refractivity contribution in [1.82, 2.24) is 0 Å². The van der Waals surface area contributed by atoms with Crippen LogP contribution in [0.3, 0.4) is 0 Å². The number of hydrogen-bond acceptors (Lipinski definition) is 7. The summed E-state index contributed by atoms with van der Waals surface area (Å²) in [6.07, 6.45) is 10.1. The minimum atomic E-state index is -0.398. The number of carbonyl (C=O) groups is 1. The summed E-state index contributed by atoms with van der Waals surface area (Å²) in [5.41, 5.74) is 1.18. The van der Waals surface area contributed by atoms with Crippen LogP contribution < -0.4 is 19.6 Å².